The van der Waals surface area contributed by atoms with Crippen molar-refractivity contribution in [3.8, 4) is 17.1 Å². The Bertz CT molecular complexity index is 1370. The van der Waals surface area contributed by atoms with E-state index >= 15 is 0 Å². The molecule has 2 aromatic heterocycles. The Balaban J connectivity index is 1.88. The fourth-order valence-corrected chi connectivity index (χ4v) is 3.41. The first-order valence-electron chi connectivity index (χ1n) is 9.71. The van der Waals surface area contributed by atoms with Crippen molar-refractivity contribution in [2.24, 2.45) is 0 Å². The first-order chi connectivity index (χ1) is 15.5. The Morgan fingerprint density at radius 2 is 2.00 bits per heavy atom. The van der Waals surface area contributed by atoms with E-state index in [1.807, 2.05) is 24.3 Å². The number of H-pyrrole nitrogens is 1. The average Bonchev–Trinajstić information content (AvgIpc) is 3.09. The maximum absolute atomic E-state index is 12.8. The smallest absolute Gasteiger partial charge is 0.328 e. The zero-order valence-corrected chi connectivity index (χ0v) is 17.4. The number of hydrogen-bond acceptors (Lipinski definition) is 6. The molecule has 0 atom stereocenters. The topological polar surface area (TPSA) is 131 Å². The van der Waals surface area contributed by atoms with Gasteiger partial charge in [-0.05, 0) is 18.2 Å². The number of imidazole rings is 1. The lowest BCUT2D eigenvalue weighted by Crippen LogP contribution is -2.18. The number of rotatable bonds is 7. The quantitative estimate of drug-likeness (QED) is 0.384. The number of fused-ring (bicyclic) bond motifs is 1. The van der Waals surface area contributed by atoms with Gasteiger partial charge in [-0.3, -0.25) is 14.2 Å². The summed E-state index contributed by atoms with van der Waals surface area (Å²) >= 11 is 0. The van der Waals surface area contributed by atoms with Crippen LogP contribution >= 0.6 is 0 Å². The summed E-state index contributed by atoms with van der Waals surface area (Å²) in [6.45, 7) is 1.61. The van der Waals surface area contributed by atoms with Crippen molar-refractivity contribution >= 4 is 35.0 Å². The fourth-order valence-electron chi connectivity index (χ4n) is 3.41. The number of benzene rings is 2. The predicted molar refractivity (Wildman–Crippen MR) is 120 cm³/mol. The van der Waals surface area contributed by atoms with E-state index in [1.54, 1.807) is 31.4 Å². The SMILES string of the molecule is COc1ccccc1Cn1c(=O)[nH]c2c(NC=O)nc(-c3cccc(NC(C)=O)c3)nc21. The lowest BCUT2D eigenvalue weighted by Gasteiger charge is -2.10. The molecule has 4 aromatic rings. The highest BCUT2D eigenvalue weighted by Crippen LogP contribution is 2.26. The molecule has 162 valence electrons. The Labute approximate surface area is 182 Å². The van der Waals surface area contributed by atoms with E-state index in [-0.39, 0.29) is 24.1 Å². The van der Waals surface area contributed by atoms with Crippen LogP contribution in [0.4, 0.5) is 11.5 Å². The summed E-state index contributed by atoms with van der Waals surface area (Å²) in [6.07, 6.45) is 0.481. The van der Waals surface area contributed by atoms with Crippen molar-refractivity contribution in [3.05, 3.63) is 64.6 Å². The molecule has 2 heterocycles. The van der Waals surface area contributed by atoms with E-state index in [9.17, 15) is 14.4 Å². The van der Waals surface area contributed by atoms with Gasteiger partial charge >= 0.3 is 5.69 Å². The standard InChI is InChI=1S/C22H20N6O4/c1-13(30)24-16-8-5-7-14(10-16)19-26-20(23-12-29)18-21(27-19)28(22(31)25-18)11-15-6-3-4-9-17(15)32-2/h3-10,12H,11H2,1-2H3,(H,24,30)(H,25,31)(H,23,26,27,29). The third-order valence-electron chi connectivity index (χ3n) is 4.78. The van der Waals surface area contributed by atoms with Crippen LogP contribution in [-0.2, 0) is 16.1 Å². The van der Waals surface area contributed by atoms with E-state index < -0.39 is 5.69 Å². The third-order valence-corrected chi connectivity index (χ3v) is 4.78. The molecule has 0 aliphatic carbocycles. The van der Waals surface area contributed by atoms with Gasteiger partial charge in [0.1, 0.15) is 11.3 Å². The highest BCUT2D eigenvalue weighted by Gasteiger charge is 2.18. The van der Waals surface area contributed by atoms with Gasteiger partial charge < -0.3 is 20.4 Å². The molecule has 0 saturated heterocycles. The van der Waals surface area contributed by atoms with Crippen LogP contribution in [0.5, 0.6) is 5.75 Å². The number of anilines is 2. The maximum Gasteiger partial charge on any atom is 0.328 e. The lowest BCUT2D eigenvalue weighted by molar-refractivity contribution is -0.114. The van der Waals surface area contributed by atoms with E-state index in [0.717, 1.165) is 5.56 Å². The average molecular weight is 432 g/mol. The Hall–Kier alpha value is -4.47. The number of amides is 2. The van der Waals surface area contributed by atoms with E-state index in [2.05, 4.69) is 25.6 Å². The number of hydrogen-bond donors (Lipinski definition) is 3. The van der Waals surface area contributed by atoms with Crippen LogP contribution in [0.2, 0.25) is 0 Å². The molecule has 2 aromatic carbocycles. The van der Waals surface area contributed by atoms with Crippen molar-refractivity contribution < 1.29 is 14.3 Å². The molecule has 0 aliphatic heterocycles. The predicted octanol–water partition coefficient (Wildman–Crippen LogP) is 2.37. The minimum Gasteiger partial charge on any atom is -0.496 e. The second-order valence-corrected chi connectivity index (χ2v) is 6.95. The largest absolute Gasteiger partial charge is 0.496 e. The zero-order valence-electron chi connectivity index (χ0n) is 17.4. The van der Waals surface area contributed by atoms with Crippen LogP contribution < -0.4 is 21.1 Å². The molecule has 0 fully saturated rings. The molecule has 0 saturated carbocycles. The number of nitrogens with one attached hydrogen (secondary N) is 3. The van der Waals surface area contributed by atoms with E-state index in [4.69, 9.17) is 4.74 Å². The Kier molecular flexibility index (Phi) is 5.67. The minimum absolute atomic E-state index is 0.167. The van der Waals surface area contributed by atoms with Crippen molar-refractivity contribution in [1.29, 1.82) is 0 Å². The normalized spacial score (nSPS) is 10.7. The summed E-state index contributed by atoms with van der Waals surface area (Å²) in [5, 5.41) is 5.24. The lowest BCUT2D eigenvalue weighted by atomic mass is 10.2. The van der Waals surface area contributed by atoms with Crippen molar-refractivity contribution in [3.63, 3.8) is 0 Å². The Morgan fingerprint density at radius 1 is 1.19 bits per heavy atom. The summed E-state index contributed by atoms with van der Waals surface area (Å²) in [5.41, 5.74) is 2.18. The molecule has 0 spiro atoms. The molecule has 3 N–H and O–H groups in total. The van der Waals surface area contributed by atoms with Gasteiger partial charge in [0.15, 0.2) is 17.3 Å². The van der Waals surface area contributed by atoms with Crippen molar-refractivity contribution in [2.45, 2.75) is 13.5 Å². The molecule has 4 rings (SSSR count). The molecule has 2 amide bonds. The number of nitrogens with zero attached hydrogens (tertiary/aromatic N) is 3. The van der Waals surface area contributed by atoms with Gasteiger partial charge in [-0.2, -0.15) is 0 Å². The number of carbonyl (C=O) groups is 2. The van der Waals surface area contributed by atoms with Gasteiger partial charge in [0.05, 0.1) is 13.7 Å². The van der Waals surface area contributed by atoms with Crippen LogP contribution in [-0.4, -0.2) is 38.9 Å². The molecule has 0 aliphatic rings. The van der Waals surface area contributed by atoms with Crippen molar-refractivity contribution in [2.75, 3.05) is 17.7 Å². The second kappa shape index (κ2) is 8.72. The molecule has 0 bridgehead atoms. The molecule has 0 radical (unpaired) electrons. The number of aromatic nitrogens is 4. The Morgan fingerprint density at radius 3 is 2.75 bits per heavy atom. The van der Waals surface area contributed by atoms with Gasteiger partial charge in [-0.15, -0.1) is 0 Å². The summed E-state index contributed by atoms with van der Waals surface area (Å²) in [4.78, 5) is 47.0. The number of carbonyl (C=O) groups excluding carboxylic acids is 2. The summed E-state index contributed by atoms with van der Waals surface area (Å²) in [5.74, 6) is 0.873. The minimum atomic E-state index is -0.404. The number of para-hydroxylation sites is 1. The first kappa shape index (κ1) is 20.8. The van der Waals surface area contributed by atoms with E-state index in [0.29, 0.717) is 34.6 Å². The summed E-state index contributed by atoms with van der Waals surface area (Å²) < 4.78 is 6.85. The monoisotopic (exact) mass is 432 g/mol. The zero-order chi connectivity index (χ0) is 22.7. The molecule has 10 nitrogen and oxygen atoms in total. The molecule has 0 unspecified atom stereocenters. The van der Waals surface area contributed by atoms with Gasteiger partial charge in [0.2, 0.25) is 12.3 Å². The molecular weight excluding hydrogens is 412 g/mol. The number of ether oxygens (including phenoxy) is 1. The van der Waals surface area contributed by atoms with Crippen LogP contribution in [0.25, 0.3) is 22.6 Å². The number of aromatic amines is 1. The number of methoxy groups -OCH3 is 1. The maximum atomic E-state index is 12.8. The van der Waals surface area contributed by atoms with Crippen LogP contribution in [0.3, 0.4) is 0 Å². The van der Waals surface area contributed by atoms with Crippen LogP contribution in [0, 0.1) is 0 Å². The second-order valence-electron chi connectivity index (χ2n) is 6.95. The van der Waals surface area contributed by atoms with Crippen LogP contribution in [0.15, 0.2) is 53.3 Å². The summed E-state index contributed by atoms with van der Waals surface area (Å²) in [6, 6.07) is 14.3. The van der Waals surface area contributed by atoms with Gasteiger partial charge in [0.25, 0.3) is 0 Å². The van der Waals surface area contributed by atoms with Gasteiger partial charge in [-0.1, -0.05) is 30.3 Å². The molecular formula is C22H20N6O4. The fraction of sp³-hybridized carbons (Fsp3) is 0.136. The highest BCUT2D eigenvalue weighted by atomic mass is 16.5. The van der Waals surface area contributed by atoms with Crippen molar-refractivity contribution in [1.82, 2.24) is 19.5 Å². The molecule has 10 heteroatoms. The summed E-state index contributed by atoms with van der Waals surface area (Å²) in [7, 11) is 1.56. The highest BCUT2D eigenvalue weighted by molar-refractivity contribution is 5.91. The van der Waals surface area contributed by atoms with Crippen LogP contribution in [0.1, 0.15) is 12.5 Å². The van der Waals surface area contributed by atoms with Gasteiger partial charge in [0, 0.05) is 23.7 Å². The van der Waals surface area contributed by atoms with Gasteiger partial charge in [-0.25, -0.2) is 14.8 Å². The molecule has 32 heavy (non-hydrogen) atoms. The third kappa shape index (κ3) is 4.06. The first-order valence-corrected chi connectivity index (χ1v) is 9.71. The van der Waals surface area contributed by atoms with E-state index in [1.165, 1.54) is 11.5 Å².